The standard InChI is InChI=1S/C32H32N6O4/c1-5-37-20-18-35(3)31(37)29(39)33-23-10-14-25(15-11-23)41-27-8-7-9-28(22-27)42-26-16-12-24(13-17-26)34-30(40)32-36(4)19-21-38(32)6-2/h7-22H,5-6H2,1-4H3/p+2. The minimum absolute atomic E-state index is 0.181. The van der Waals surface area contributed by atoms with Crippen LogP contribution in [0.1, 0.15) is 35.1 Å². The first kappa shape index (κ1) is 28.2. The van der Waals surface area contributed by atoms with Gasteiger partial charge in [0.05, 0.1) is 27.2 Å². The number of imidazole rings is 2. The first-order valence-corrected chi connectivity index (χ1v) is 13.7. The van der Waals surface area contributed by atoms with Gasteiger partial charge in [-0.3, -0.25) is 9.59 Å². The normalized spacial score (nSPS) is 10.8. The van der Waals surface area contributed by atoms with Crippen molar-refractivity contribution in [2.75, 3.05) is 10.6 Å². The van der Waals surface area contributed by atoms with Crippen LogP contribution >= 0.6 is 0 Å². The van der Waals surface area contributed by atoms with Crippen LogP contribution in [0.4, 0.5) is 11.4 Å². The van der Waals surface area contributed by atoms with Crippen molar-refractivity contribution in [2.24, 2.45) is 14.1 Å². The average molecular weight is 567 g/mol. The number of amides is 2. The number of nitrogens with zero attached hydrogens (tertiary/aromatic N) is 4. The van der Waals surface area contributed by atoms with E-state index in [1.54, 1.807) is 63.7 Å². The monoisotopic (exact) mass is 566 g/mol. The van der Waals surface area contributed by atoms with Gasteiger partial charge in [0.2, 0.25) is 0 Å². The highest BCUT2D eigenvalue weighted by molar-refractivity contribution is 6.01. The molecule has 0 aliphatic heterocycles. The summed E-state index contributed by atoms with van der Waals surface area (Å²) in [5.74, 6) is 3.24. The second kappa shape index (κ2) is 12.4. The van der Waals surface area contributed by atoms with Crippen molar-refractivity contribution in [2.45, 2.75) is 26.9 Å². The van der Waals surface area contributed by atoms with Crippen LogP contribution in [0.15, 0.2) is 97.6 Å². The summed E-state index contributed by atoms with van der Waals surface area (Å²) in [6.07, 6.45) is 7.48. The molecule has 0 saturated carbocycles. The SMILES string of the molecule is CCn1cc[n+](C)c1C(=O)Nc1ccc(Oc2cccc(Oc3ccc(NC(=O)c4n(CC)cc[n+]4C)cc3)c2)cc1. The quantitative estimate of drug-likeness (QED) is 0.231. The van der Waals surface area contributed by atoms with Crippen LogP contribution in [0.2, 0.25) is 0 Å². The fraction of sp³-hybridized carbons (Fsp3) is 0.188. The number of ether oxygens (including phenoxy) is 2. The molecule has 0 bridgehead atoms. The lowest BCUT2D eigenvalue weighted by atomic mass is 10.2. The van der Waals surface area contributed by atoms with Gasteiger partial charge in [0.1, 0.15) is 47.8 Å². The second-order valence-electron chi connectivity index (χ2n) is 9.67. The zero-order valence-corrected chi connectivity index (χ0v) is 24.1. The highest BCUT2D eigenvalue weighted by atomic mass is 16.5. The van der Waals surface area contributed by atoms with Crippen molar-refractivity contribution in [3.05, 3.63) is 109 Å². The van der Waals surface area contributed by atoms with Gasteiger partial charge in [-0.25, -0.2) is 18.3 Å². The van der Waals surface area contributed by atoms with Crippen molar-refractivity contribution in [3.8, 4) is 23.0 Å². The molecular weight excluding hydrogens is 532 g/mol. The Morgan fingerprint density at radius 1 is 0.643 bits per heavy atom. The molecule has 0 aliphatic carbocycles. The Kier molecular flexibility index (Phi) is 8.33. The van der Waals surface area contributed by atoms with E-state index in [1.807, 2.05) is 80.1 Å². The molecule has 0 atom stereocenters. The highest BCUT2D eigenvalue weighted by Gasteiger charge is 2.23. The van der Waals surface area contributed by atoms with Crippen LogP contribution in [-0.4, -0.2) is 20.9 Å². The van der Waals surface area contributed by atoms with Gasteiger partial charge in [-0.05, 0) is 74.5 Å². The molecule has 2 amide bonds. The molecule has 214 valence electrons. The van der Waals surface area contributed by atoms with Crippen molar-refractivity contribution >= 4 is 23.2 Å². The molecule has 0 saturated heterocycles. The van der Waals surface area contributed by atoms with Gasteiger partial charge in [0.25, 0.3) is 0 Å². The van der Waals surface area contributed by atoms with E-state index in [2.05, 4.69) is 10.6 Å². The van der Waals surface area contributed by atoms with E-state index in [9.17, 15) is 9.59 Å². The number of hydrogen-bond acceptors (Lipinski definition) is 4. The Balaban J connectivity index is 1.18. The first-order valence-electron chi connectivity index (χ1n) is 13.7. The van der Waals surface area contributed by atoms with Gasteiger partial charge in [-0.2, -0.15) is 0 Å². The number of rotatable bonds is 10. The molecule has 0 unspecified atom stereocenters. The summed E-state index contributed by atoms with van der Waals surface area (Å²) in [6.45, 7) is 5.40. The largest absolute Gasteiger partial charge is 0.457 e. The summed E-state index contributed by atoms with van der Waals surface area (Å²) in [7, 11) is 3.69. The lowest BCUT2D eigenvalue weighted by Crippen LogP contribution is -2.37. The number of carbonyl (C=O) groups excluding carboxylic acids is 2. The molecule has 2 aromatic heterocycles. The van der Waals surface area contributed by atoms with Crippen LogP contribution in [0.3, 0.4) is 0 Å². The van der Waals surface area contributed by atoms with Crippen molar-refractivity contribution in [1.82, 2.24) is 9.13 Å². The number of benzene rings is 3. The number of nitrogens with one attached hydrogen (secondary N) is 2. The summed E-state index contributed by atoms with van der Waals surface area (Å²) < 4.78 is 19.4. The maximum absolute atomic E-state index is 12.8. The van der Waals surface area contributed by atoms with Crippen LogP contribution in [0.5, 0.6) is 23.0 Å². The van der Waals surface area contributed by atoms with Crippen LogP contribution in [-0.2, 0) is 27.2 Å². The fourth-order valence-corrected chi connectivity index (χ4v) is 4.60. The molecule has 10 heteroatoms. The molecule has 5 rings (SSSR count). The van der Waals surface area contributed by atoms with Gasteiger partial charge >= 0.3 is 23.5 Å². The molecule has 0 radical (unpaired) electrons. The number of aryl methyl sites for hydroxylation is 4. The lowest BCUT2D eigenvalue weighted by Gasteiger charge is -2.11. The molecule has 42 heavy (non-hydrogen) atoms. The van der Waals surface area contributed by atoms with Crippen molar-refractivity contribution in [3.63, 3.8) is 0 Å². The Labute approximate surface area is 244 Å². The smallest absolute Gasteiger partial charge is 0.348 e. The topological polar surface area (TPSA) is 94.3 Å². The summed E-state index contributed by atoms with van der Waals surface area (Å²) in [4.78, 5) is 25.5. The summed E-state index contributed by atoms with van der Waals surface area (Å²) in [6, 6.07) is 21.7. The maximum atomic E-state index is 12.8. The van der Waals surface area contributed by atoms with E-state index in [0.29, 0.717) is 59.1 Å². The Hall–Kier alpha value is -5.38. The zero-order valence-electron chi connectivity index (χ0n) is 24.1. The Morgan fingerprint density at radius 3 is 1.43 bits per heavy atom. The molecular formula is C32H34N6O4+2. The first-order chi connectivity index (χ1) is 20.3. The molecule has 2 N–H and O–H groups in total. The summed E-state index contributed by atoms with van der Waals surface area (Å²) in [5.41, 5.74) is 1.34. The van der Waals surface area contributed by atoms with E-state index in [1.165, 1.54) is 0 Å². The average Bonchev–Trinajstić information content (AvgIpc) is 3.56. The van der Waals surface area contributed by atoms with Gasteiger partial charge in [0, 0.05) is 17.4 Å². The van der Waals surface area contributed by atoms with Gasteiger partial charge in [0.15, 0.2) is 0 Å². The van der Waals surface area contributed by atoms with Gasteiger partial charge in [-0.15, -0.1) is 0 Å². The van der Waals surface area contributed by atoms with E-state index < -0.39 is 0 Å². The number of anilines is 2. The molecule has 3 aromatic carbocycles. The van der Waals surface area contributed by atoms with E-state index in [0.717, 1.165) is 0 Å². The van der Waals surface area contributed by atoms with E-state index >= 15 is 0 Å². The third kappa shape index (κ3) is 6.33. The number of aromatic nitrogens is 4. The molecule has 5 aromatic rings. The number of carbonyl (C=O) groups is 2. The predicted molar refractivity (Wildman–Crippen MR) is 158 cm³/mol. The Bertz CT molecular complexity index is 1580. The van der Waals surface area contributed by atoms with Gasteiger partial charge in [-0.1, -0.05) is 6.07 Å². The third-order valence-electron chi connectivity index (χ3n) is 6.74. The van der Waals surface area contributed by atoms with E-state index in [4.69, 9.17) is 9.47 Å². The molecule has 0 fully saturated rings. The van der Waals surface area contributed by atoms with Gasteiger partial charge < -0.3 is 20.1 Å². The molecule has 0 spiro atoms. The lowest BCUT2D eigenvalue weighted by molar-refractivity contribution is -0.672. The maximum Gasteiger partial charge on any atom is 0.348 e. The van der Waals surface area contributed by atoms with Crippen molar-refractivity contribution in [1.29, 1.82) is 0 Å². The highest BCUT2D eigenvalue weighted by Crippen LogP contribution is 2.29. The fourth-order valence-electron chi connectivity index (χ4n) is 4.60. The van der Waals surface area contributed by atoms with Crippen LogP contribution in [0.25, 0.3) is 0 Å². The minimum Gasteiger partial charge on any atom is -0.457 e. The second-order valence-corrected chi connectivity index (χ2v) is 9.67. The van der Waals surface area contributed by atoms with Crippen LogP contribution < -0.4 is 29.2 Å². The predicted octanol–water partition coefficient (Wildman–Crippen LogP) is 5.07. The Morgan fingerprint density at radius 2 is 1.05 bits per heavy atom. The summed E-state index contributed by atoms with van der Waals surface area (Å²) in [5, 5.41) is 5.87. The van der Waals surface area contributed by atoms with Crippen molar-refractivity contribution < 1.29 is 28.2 Å². The molecule has 10 nitrogen and oxygen atoms in total. The zero-order chi connectivity index (χ0) is 29.6. The third-order valence-corrected chi connectivity index (χ3v) is 6.74. The van der Waals surface area contributed by atoms with E-state index in [-0.39, 0.29) is 11.8 Å². The van der Waals surface area contributed by atoms with Crippen LogP contribution in [0, 0.1) is 0 Å². The molecule has 0 aliphatic rings. The minimum atomic E-state index is -0.181. The number of hydrogen-bond donors (Lipinski definition) is 2. The summed E-state index contributed by atoms with van der Waals surface area (Å²) >= 11 is 0. The molecule has 2 heterocycles.